The summed E-state index contributed by atoms with van der Waals surface area (Å²) >= 11 is 0. The van der Waals surface area contributed by atoms with E-state index in [-0.39, 0.29) is 5.56 Å². The SMILES string of the molecule is C[C@](N)(C(=O)O)C(=O)c1ccncc1. The Morgan fingerprint density at radius 3 is 2.36 bits per heavy atom. The Bertz CT molecular complexity index is 360. The largest absolute Gasteiger partial charge is 0.480 e. The van der Waals surface area contributed by atoms with Crippen LogP contribution in [0.2, 0.25) is 0 Å². The molecule has 0 bridgehead atoms. The number of rotatable bonds is 3. The van der Waals surface area contributed by atoms with Gasteiger partial charge in [0, 0.05) is 18.0 Å². The Kier molecular flexibility index (Phi) is 2.62. The van der Waals surface area contributed by atoms with Gasteiger partial charge in [-0.1, -0.05) is 0 Å². The van der Waals surface area contributed by atoms with Crippen LogP contribution in [0.5, 0.6) is 0 Å². The molecule has 1 heterocycles. The lowest BCUT2D eigenvalue weighted by atomic mass is 9.93. The molecular weight excluding hydrogens is 184 g/mol. The van der Waals surface area contributed by atoms with Crippen LogP contribution in [0, 0.1) is 0 Å². The highest BCUT2D eigenvalue weighted by Crippen LogP contribution is 2.10. The van der Waals surface area contributed by atoms with Crippen LogP contribution in [0.4, 0.5) is 0 Å². The highest BCUT2D eigenvalue weighted by Gasteiger charge is 2.37. The fourth-order valence-corrected chi connectivity index (χ4v) is 0.900. The van der Waals surface area contributed by atoms with E-state index in [0.29, 0.717) is 0 Å². The van der Waals surface area contributed by atoms with Gasteiger partial charge in [0.05, 0.1) is 0 Å². The average molecular weight is 194 g/mol. The van der Waals surface area contributed by atoms with Crippen LogP contribution >= 0.6 is 0 Å². The van der Waals surface area contributed by atoms with Gasteiger partial charge in [0.2, 0.25) is 0 Å². The molecule has 3 N–H and O–H groups in total. The minimum Gasteiger partial charge on any atom is -0.480 e. The summed E-state index contributed by atoms with van der Waals surface area (Å²) in [5.41, 5.74) is 3.72. The van der Waals surface area contributed by atoms with Gasteiger partial charge in [0.25, 0.3) is 0 Å². The third kappa shape index (κ3) is 1.77. The summed E-state index contributed by atoms with van der Waals surface area (Å²) in [6.45, 7) is 1.16. The number of carboxylic acid groups (broad SMARTS) is 1. The number of ketones is 1. The van der Waals surface area contributed by atoms with Gasteiger partial charge >= 0.3 is 5.97 Å². The number of hydrogen-bond donors (Lipinski definition) is 2. The molecule has 1 aromatic rings. The molecule has 0 radical (unpaired) electrons. The average Bonchev–Trinajstić information content (AvgIpc) is 2.17. The highest BCUT2D eigenvalue weighted by molar-refractivity contribution is 6.15. The first-order valence-electron chi connectivity index (χ1n) is 3.93. The number of carboxylic acids is 1. The van der Waals surface area contributed by atoms with Gasteiger partial charge in [0.1, 0.15) is 0 Å². The van der Waals surface area contributed by atoms with Gasteiger partial charge in [0.15, 0.2) is 11.3 Å². The van der Waals surface area contributed by atoms with Crippen LogP contribution in [-0.4, -0.2) is 27.4 Å². The Balaban J connectivity index is 3.03. The van der Waals surface area contributed by atoms with E-state index < -0.39 is 17.3 Å². The van der Waals surface area contributed by atoms with Crippen molar-refractivity contribution in [1.82, 2.24) is 4.98 Å². The van der Waals surface area contributed by atoms with Crippen molar-refractivity contribution in [2.45, 2.75) is 12.5 Å². The molecule has 74 valence electrons. The number of hydrogen-bond acceptors (Lipinski definition) is 4. The first-order chi connectivity index (χ1) is 6.46. The second kappa shape index (κ2) is 3.55. The molecule has 0 aromatic carbocycles. The van der Waals surface area contributed by atoms with Gasteiger partial charge < -0.3 is 10.8 Å². The van der Waals surface area contributed by atoms with Crippen LogP contribution in [0.3, 0.4) is 0 Å². The third-order valence-electron chi connectivity index (χ3n) is 1.86. The molecule has 0 aliphatic carbocycles. The fraction of sp³-hybridized carbons (Fsp3) is 0.222. The smallest absolute Gasteiger partial charge is 0.331 e. The quantitative estimate of drug-likeness (QED) is 0.524. The van der Waals surface area contributed by atoms with E-state index >= 15 is 0 Å². The standard InChI is InChI=1S/C9H10N2O3/c1-9(10,8(13)14)7(12)6-2-4-11-5-3-6/h2-5H,10H2,1H3,(H,13,14)/t9-/m1/s1. The second-order valence-electron chi connectivity index (χ2n) is 3.07. The maximum atomic E-state index is 11.6. The van der Waals surface area contributed by atoms with Crippen LogP contribution < -0.4 is 5.73 Å². The first-order valence-corrected chi connectivity index (χ1v) is 3.93. The summed E-state index contributed by atoms with van der Waals surface area (Å²) in [5.74, 6) is -1.98. The Morgan fingerprint density at radius 2 is 1.93 bits per heavy atom. The van der Waals surface area contributed by atoms with E-state index in [4.69, 9.17) is 10.8 Å². The number of carbonyl (C=O) groups excluding carboxylic acids is 1. The number of carbonyl (C=O) groups is 2. The maximum Gasteiger partial charge on any atom is 0.331 e. The van der Waals surface area contributed by atoms with Crippen molar-refractivity contribution in [1.29, 1.82) is 0 Å². The number of pyridine rings is 1. The zero-order valence-electron chi connectivity index (χ0n) is 7.60. The Labute approximate surface area is 80.6 Å². The summed E-state index contributed by atoms with van der Waals surface area (Å²) in [7, 11) is 0. The molecule has 14 heavy (non-hydrogen) atoms. The summed E-state index contributed by atoms with van der Waals surface area (Å²) in [6.07, 6.45) is 2.82. The van der Waals surface area contributed by atoms with Crippen molar-refractivity contribution in [3.63, 3.8) is 0 Å². The molecule has 0 spiro atoms. The molecule has 0 fully saturated rings. The lowest BCUT2D eigenvalue weighted by molar-refractivity contribution is -0.140. The van der Waals surface area contributed by atoms with Crippen LogP contribution in [-0.2, 0) is 4.79 Å². The molecule has 0 aliphatic rings. The molecule has 5 heteroatoms. The predicted octanol–water partition coefficient (Wildman–Crippen LogP) is 0.0663. The van der Waals surface area contributed by atoms with E-state index in [1.165, 1.54) is 24.5 Å². The van der Waals surface area contributed by atoms with E-state index in [0.717, 1.165) is 6.92 Å². The lowest BCUT2D eigenvalue weighted by Crippen LogP contribution is -2.52. The van der Waals surface area contributed by atoms with Crippen LogP contribution in [0.15, 0.2) is 24.5 Å². The molecule has 0 saturated heterocycles. The molecule has 1 aromatic heterocycles. The Hall–Kier alpha value is -1.75. The number of nitrogens with two attached hydrogens (primary N) is 1. The van der Waals surface area contributed by atoms with Crippen LogP contribution in [0.25, 0.3) is 0 Å². The van der Waals surface area contributed by atoms with Gasteiger partial charge in [-0.2, -0.15) is 0 Å². The van der Waals surface area contributed by atoms with Gasteiger partial charge in [-0.05, 0) is 19.1 Å². The molecule has 1 atom stereocenters. The first kappa shape index (κ1) is 10.3. The number of Topliss-reactive ketones (excluding diaryl/α,β-unsaturated/α-hetero) is 1. The molecular formula is C9H10N2O3. The molecule has 0 saturated carbocycles. The zero-order valence-corrected chi connectivity index (χ0v) is 7.60. The summed E-state index contributed by atoms with van der Waals surface area (Å²) in [6, 6.07) is 2.85. The van der Waals surface area contributed by atoms with Crippen molar-refractivity contribution in [2.24, 2.45) is 5.73 Å². The maximum absolute atomic E-state index is 11.6. The van der Waals surface area contributed by atoms with Crippen molar-refractivity contribution in [3.8, 4) is 0 Å². The normalized spacial score (nSPS) is 14.4. The zero-order chi connectivity index (χ0) is 10.8. The monoisotopic (exact) mass is 194 g/mol. The van der Waals surface area contributed by atoms with Crippen molar-refractivity contribution in [3.05, 3.63) is 30.1 Å². The topological polar surface area (TPSA) is 93.3 Å². The van der Waals surface area contributed by atoms with E-state index in [2.05, 4.69) is 4.98 Å². The van der Waals surface area contributed by atoms with E-state index in [9.17, 15) is 9.59 Å². The van der Waals surface area contributed by atoms with Gasteiger partial charge in [-0.25, -0.2) is 4.79 Å². The van der Waals surface area contributed by atoms with Crippen molar-refractivity contribution in [2.75, 3.05) is 0 Å². The minimum absolute atomic E-state index is 0.243. The van der Waals surface area contributed by atoms with E-state index in [1.807, 2.05) is 0 Å². The van der Waals surface area contributed by atoms with Crippen molar-refractivity contribution < 1.29 is 14.7 Å². The number of aromatic nitrogens is 1. The van der Waals surface area contributed by atoms with Crippen LogP contribution in [0.1, 0.15) is 17.3 Å². The van der Waals surface area contributed by atoms with E-state index in [1.54, 1.807) is 0 Å². The van der Waals surface area contributed by atoms with Gasteiger partial charge in [-0.15, -0.1) is 0 Å². The summed E-state index contributed by atoms with van der Waals surface area (Å²) in [4.78, 5) is 26.0. The highest BCUT2D eigenvalue weighted by atomic mass is 16.4. The molecule has 5 nitrogen and oxygen atoms in total. The number of aliphatic carboxylic acids is 1. The number of nitrogens with zero attached hydrogens (tertiary/aromatic N) is 1. The predicted molar refractivity (Wildman–Crippen MR) is 48.8 cm³/mol. The Morgan fingerprint density at radius 1 is 1.43 bits per heavy atom. The molecule has 1 rings (SSSR count). The molecule has 0 unspecified atom stereocenters. The summed E-state index contributed by atoms with van der Waals surface area (Å²) < 4.78 is 0. The minimum atomic E-state index is -1.89. The van der Waals surface area contributed by atoms with Crippen molar-refractivity contribution >= 4 is 11.8 Å². The summed E-state index contributed by atoms with van der Waals surface area (Å²) in [5, 5.41) is 8.71. The molecule has 0 amide bonds. The fourth-order valence-electron chi connectivity index (χ4n) is 0.900. The lowest BCUT2D eigenvalue weighted by Gasteiger charge is -2.16. The van der Waals surface area contributed by atoms with Gasteiger partial charge in [-0.3, -0.25) is 9.78 Å². The second-order valence-corrected chi connectivity index (χ2v) is 3.07. The molecule has 0 aliphatic heterocycles. The third-order valence-corrected chi connectivity index (χ3v) is 1.86.